The number of benzene rings is 5. The SMILES string of the molecule is COc1cc2c(Oc3ccc(NC(=O)C4(C(=O)Nc5ccc(F)cc5)CC4)cc3F)cccc2cc1OCCCOCCCOCCC(=O)N[C@H](C(=O)N1C[C@H](O)C[C@H]1C(=O)NCc1ccc(-c2scnc2C)cc1)C(C)(C)C. The summed E-state index contributed by atoms with van der Waals surface area (Å²) in [5.41, 5.74) is 3.17. The standard InChI is InChI=1S/C59H66F2N6O11S/c1-36-52(79-35-63-36)38-13-11-37(12-14-38)33-62-54(70)46-31-43(68)34-67(46)55(71)53(58(2,3)4)66-51(69)21-28-76-25-7-24-75-26-8-27-77-50-29-39-9-6-10-47(44(39)32-49(50)74-5)78-48-20-19-42(30-45(48)61)65-57(73)59(22-23-59)56(72)64-41-17-15-40(60)16-18-41/h6,9-20,29-30,32,35,43,46,53,68H,7-8,21-28,31,33-34H2,1-5H3,(H,62,70)(H,64,72)(H,65,73)(H,66,69)/t43-,46+,53-/m1/s1. The number of anilines is 2. The van der Waals surface area contributed by atoms with Crippen LogP contribution in [0.15, 0.2) is 103 Å². The van der Waals surface area contributed by atoms with E-state index < -0.39 is 58.4 Å². The summed E-state index contributed by atoms with van der Waals surface area (Å²) in [7, 11) is 1.51. The van der Waals surface area contributed by atoms with Crippen molar-refractivity contribution in [3.05, 3.63) is 125 Å². The average Bonchev–Trinajstić information content (AvgIpc) is 4.09. The molecule has 20 heteroatoms. The van der Waals surface area contributed by atoms with Crippen LogP contribution < -0.4 is 35.5 Å². The number of carbonyl (C=O) groups is 5. The topological polar surface area (TPSA) is 216 Å². The number of β-amino-alcohol motifs (C(OH)–C–C–N with tert-alkyl or cyclic N) is 1. The second-order valence-electron chi connectivity index (χ2n) is 20.7. The molecule has 5 aromatic carbocycles. The van der Waals surface area contributed by atoms with E-state index in [1.807, 2.05) is 58.0 Å². The van der Waals surface area contributed by atoms with Gasteiger partial charge in [-0.25, -0.2) is 13.8 Å². The summed E-state index contributed by atoms with van der Waals surface area (Å²) in [6.07, 6.45) is 1.01. The molecule has 8 rings (SSSR count). The van der Waals surface area contributed by atoms with Gasteiger partial charge in [0.25, 0.3) is 0 Å². The maximum absolute atomic E-state index is 15.5. The molecular formula is C59H66F2N6O11S. The molecule has 0 unspecified atom stereocenters. The van der Waals surface area contributed by atoms with Gasteiger partial charge in [0, 0.05) is 75.0 Å². The Bertz CT molecular complexity index is 3130. The van der Waals surface area contributed by atoms with Crippen LogP contribution in [-0.2, 0) is 40.0 Å². The molecule has 5 N–H and O–H groups in total. The van der Waals surface area contributed by atoms with E-state index in [-0.39, 0.29) is 55.8 Å². The Balaban J connectivity index is 0.721. The van der Waals surface area contributed by atoms with Crippen molar-refractivity contribution in [2.75, 3.05) is 57.3 Å². The van der Waals surface area contributed by atoms with E-state index in [0.29, 0.717) is 80.4 Å². The molecule has 6 aromatic rings. The minimum atomic E-state index is -1.32. The number of halogens is 2. The number of amides is 5. The molecule has 2 fully saturated rings. The van der Waals surface area contributed by atoms with Crippen molar-refractivity contribution >= 4 is 63.0 Å². The lowest BCUT2D eigenvalue weighted by Gasteiger charge is -2.35. The lowest BCUT2D eigenvalue weighted by atomic mass is 9.85. The lowest BCUT2D eigenvalue weighted by Crippen LogP contribution is -2.57. The van der Waals surface area contributed by atoms with Crippen molar-refractivity contribution in [3.63, 3.8) is 0 Å². The lowest BCUT2D eigenvalue weighted by molar-refractivity contribution is -0.144. The highest BCUT2D eigenvalue weighted by molar-refractivity contribution is 7.13. The highest BCUT2D eigenvalue weighted by Crippen LogP contribution is 2.48. The highest BCUT2D eigenvalue weighted by Gasteiger charge is 2.56. The zero-order chi connectivity index (χ0) is 56.3. The molecule has 2 heterocycles. The number of aliphatic hydroxyl groups excluding tert-OH is 1. The molecule has 17 nitrogen and oxygen atoms in total. The third kappa shape index (κ3) is 14.8. The maximum atomic E-state index is 15.5. The predicted molar refractivity (Wildman–Crippen MR) is 295 cm³/mol. The number of thiazole rings is 1. The van der Waals surface area contributed by atoms with Crippen molar-refractivity contribution in [2.24, 2.45) is 10.8 Å². The van der Waals surface area contributed by atoms with Crippen LogP contribution in [0.5, 0.6) is 23.0 Å². The number of likely N-dealkylation sites (tertiary alicyclic amines) is 1. The van der Waals surface area contributed by atoms with Crippen LogP contribution in [-0.4, -0.2) is 109 Å². The first kappa shape index (κ1) is 57.6. The molecule has 5 amide bonds. The van der Waals surface area contributed by atoms with E-state index in [4.69, 9.17) is 23.7 Å². The minimum Gasteiger partial charge on any atom is -0.493 e. The molecule has 1 aliphatic carbocycles. The number of methoxy groups -OCH3 is 1. The number of rotatable bonds is 25. The number of ether oxygens (including phenoxy) is 5. The highest BCUT2D eigenvalue weighted by atomic mass is 32.1. The average molecular weight is 1110 g/mol. The Labute approximate surface area is 461 Å². The number of aliphatic hydroxyl groups is 1. The molecule has 3 atom stereocenters. The van der Waals surface area contributed by atoms with Crippen LogP contribution in [0.3, 0.4) is 0 Å². The zero-order valence-corrected chi connectivity index (χ0v) is 45.6. The Morgan fingerprint density at radius 2 is 1.49 bits per heavy atom. The van der Waals surface area contributed by atoms with E-state index in [2.05, 4.69) is 26.3 Å². The van der Waals surface area contributed by atoms with E-state index in [0.717, 1.165) is 33.2 Å². The van der Waals surface area contributed by atoms with Gasteiger partial charge < -0.3 is 55.0 Å². The first-order valence-electron chi connectivity index (χ1n) is 26.2. The predicted octanol–water partition coefficient (Wildman–Crippen LogP) is 9.10. The zero-order valence-electron chi connectivity index (χ0n) is 44.8. The summed E-state index contributed by atoms with van der Waals surface area (Å²) >= 11 is 1.56. The number of carbonyl (C=O) groups excluding carboxylic acids is 5. The summed E-state index contributed by atoms with van der Waals surface area (Å²) in [5, 5.41) is 23.1. The van der Waals surface area contributed by atoms with Crippen molar-refractivity contribution in [3.8, 4) is 33.4 Å². The normalized spacial score (nSPS) is 16.0. The number of aromatic nitrogens is 1. The molecule has 0 bridgehead atoms. The molecular weight excluding hydrogens is 1040 g/mol. The fraction of sp³-hybridized carbons (Fsp3) is 0.390. The smallest absolute Gasteiger partial charge is 0.246 e. The van der Waals surface area contributed by atoms with E-state index in [1.54, 1.807) is 41.1 Å². The van der Waals surface area contributed by atoms with Crippen molar-refractivity contribution in [2.45, 2.75) is 91.0 Å². The van der Waals surface area contributed by atoms with E-state index in [9.17, 15) is 33.5 Å². The summed E-state index contributed by atoms with van der Waals surface area (Å²) in [6.45, 7) is 9.33. The van der Waals surface area contributed by atoms with Gasteiger partial charge in [0.1, 0.15) is 29.1 Å². The summed E-state index contributed by atoms with van der Waals surface area (Å²) in [5.74, 6) is -2.30. The third-order valence-electron chi connectivity index (χ3n) is 13.7. The van der Waals surface area contributed by atoms with Crippen LogP contribution >= 0.6 is 11.3 Å². The Kier molecular flexibility index (Phi) is 18.9. The van der Waals surface area contributed by atoms with Gasteiger partial charge in [-0.15, -0.1) is 11.3 Å². The summed E-state index contributed by atoms with van der Waals surface area (Å²) < 4.78 is 58.0. The van der Waals surface area contributed by atoms with Gasteiger partial charge in [-0.1, -0.05) is 57.2 Å². The van der Waals surface area contributed by atoms with Gasteiger partial charge in [-0.2, -0.15) is 0 Å². The monoisotopic (exact) mass is 1100 g/mol. The van der Waals surface area contributed by atoms with Gasteiger partial charge >= 0.3 is 0 Å². The Morgan fingerprint density at radius 1 is 0.810 bits per heavy atom. The first-order valence-corrected chi connectivity index (χ1v) is 27.1. The van der Waals surface area contributed by atoms with Crippen molar-refractivity contribution < 1.29 is 61.5 Å². The molecule has 1 saturated heterocycles. The van der Waals surface area contributed by atoms with Gasteiger partial charge in [0.15, 0.2) is 23.1 Å². The van der Waals surface area contributed by atoms with Gasteiger partial charge in [-0.05, 0) is 103 Å². The minimum absolute atomic E-state index is 0.0155. The number of fused-ring (bicyclic) bond motifs is 1. The molecule has 0 radical (unpaired) electrons. The molecule has 79 heavy (non-hydrogen) atoms. The third-order valence-corrected chi connectivity index (χ3v) is 14.7. The van der Waals surface area contributed by atoms with Gasteiger partial charge in [-0.3, -0.25) is 24.0 Å². The second-order valence-corrected chi connectivity index (χ2v) is 21.6. The van der Waals surface area contributed by atoms with Crippen molar-refractivity contribution in [1.82, 2.24) is 20.5 Å². The van der Waals surface area contributed by atoms with E-state index >= 15 is 4.39 Å². The molecule has 418 valence electrons. The number of aryl methyl sites for hydroxylation is 1. The molecule has 0 spiro atoms. The van der Waals surface area contributed by atoms with Crippen molar-refractivity contribution in [1.29, 1.82) is 0 Å². The van der Waals surface area contributed by atoms with Crippen LogP contribution in [0, 0.1) is 29.4 Å². The Hall–Kier alpha value is -7.52. The Morgan fingerprint density at radius 3 is 2.15 bits per heavy atom. The number of nitrogens with zero attached hydrogens (tertiary/aromatic N) is 2. The maximum Gasteiger partial charge on any atom is 0.246 e. The molecule has 1 aliphatic heterocycles. The summed E-state index contributed by atoms with van der Waals surface area (Å²) in [4.78, 5) is 73.6. The quantitative estimate of drug-likeness (QED) is 0.0268. The van der Waals surface area contributed by atoms with Crippen LogP contribution in [0.4, 0.5) is 20.2 Å². The fourth-order valence-corrected chi connectivity index (χ4v) is 9.91. The molecule has 1 saturated carbocycles. The van der Waals surface area contributed by atoms with E-state index in [1.165, 1.54) is 48.4 Å². The van der Waals surface area contributed by atoms with Crippen LogP contribution in [0.25, 0.3) is 21.2 Å². The van der Waals surface area contributed by atoms with Gasteiger partial charge in [0.05, 0.1) is 42.5 Å². The first-order chi connectivity index (χ1) is 37.9. The van der Waals surface area contributed by atoms with Gasteiger partial charge in [0.2, 0.25) is 29.5 Å². The second kappa shape index (κ2) is 26.0. The molecule has 2 aliphatic rings. The number of hydrogen-bond acceptors (Lipinski definition) is 13. The number of nitrogens with one attached hydrogen (secondary N) is 4. The number of hydrogen-bond donors (Lipinski definition) is 5. The largest absolute Gasteiger partial charge is 0.493 e. The summed E-state index contributed by atoms with van der Waals surface area (Å²) in [6, 6.07) is 24.1. The van der Waals surface area contributed by atoms with Crippen LogP contribution in [0.2, 0.25) is 0 Å². The fourth-order valence-electron chi connectivity index (χ4n) is 9.10. The van der Waals surface area contributed by atoms with Crippen LogP contribution in [0.1, 0.15) is 70.6 Å². The molecule has 1 aromatic heterocycles.